The second-order valence-electron chi connectivity index (χ2n) is 6.19. The summed E-state index contributed by atoms with van der Waals surface area (Å²) < 4.78 is 8.40. The van der Waals surface area contributed by atoms with Crippen molar-refractivity contribution in [1.82, 2.24) is 19.6 Å². The van der Waals surface area contributed by atoms with E-state index in [0.29, 0.717) is 23.5 Å². The molecule has 3 aromatic rings. The van der Waals surface area contributed by atoms with Gasteiger partial charge >= 0.3 is 5.97 Å². The fourth-order valence-corrected chi connectivity index (χ4v) is 3.10. The van der Waals surface area contributed by atoms with Crippen molar-refractivity contribution in [1.29, 1.82) is 0 Å². The molecule has 8 nitrogen and oxygen atoms in total. The lowest BCUT2D eigenvalue weighted by Crippen LogP contribution is -2.19. The Morgan fingerprint density at radius 2 is 1.86 bits per heavy atom. The van der Waals surface area contributed by atoms with E-state index in [9.17, 15) is 9.59 Å². The molecule has 0 radical (unpaired) electrons. The normalized spacial score (nSPS) is 10.7. The maximum absolute atomic E-state index is 13.0. The van der Waals surface area contributed by atoms with Gasteiger partial charge in [-0.25, -0.2) is 9.48 Å². The second-order valence-corrected chi connectivity index (χ2v) is 6.19. The average Bonchev–Trinajstić information content (AvgIpc) is 3.22. The van der Waals surface area contributed by atoms with Gasteiger partial charge in [-0.3, -0.25) is 9.48 Å². The molecule has 0 fully saturated rings. The van der Waals surface area contributed by atoms with Crippen molar-refractivity contribution < 1.29 is 14.3 Å². The highest BCUT2D eigenvalue weighted by atomic mass is 16.5. The number of carbonyl (C=O) groups excluding carboxylic acids is 2. The first-order valence-electron chi connectivity index (χ1n) is 9.13. The number of nitrogens with zero attached hydrogens (tertiary/aromatic N) is 4. The van der Waals surface area contributed by atoms with Crippen LogP contribution in [0.4, 0.5) is 5.82 Å². The summed E-state index contributed by atoms with van der Waals surface area (Å²) in [5.74, 6) is -0.631. The fraction of sp³-hybridized carbons (Fsp3) is 0.300. The SMILES string of the molecule is CCOC(=O)c1cnn(-c2ccccc2)c1NC(=O)c1c(C)nn(CC)c1C. The quantitative estimate of drug-likeness (QED) is 0.663. The zero-order valence-electron chi connectivity index (χ0n) is 16.4. The van der Waals surface area contributed by atoms with E-state index in [2.05, 4.69) is 15.5 Å². The standard InChI is InChI=1S/C20H23N5O3/c1-5-24-14(4)17(13(3)23-24)19(26)22-18-16(20(27)28-6-2)12-21-25(18)15-10-8-7-9-11-15/h7-12H,5-6H2,1-4H3,(H,22,26). The molecule has 0 unspecified atom stereocenters. The van der Waals surface area contributed by atoms with Crippen molar-refractivity contribution in [3.63, 3.8) is 0 Å². The van der Waals surface area contributed by atoms with E-state index >= 15 is 0 Å². The van der Waals surface area contributed by atoms with Gasteiger partial charge in [0.05, 0.1) is 29.7 Å². The summed E-state index contributed by atoms with van der Waals surface area (Å²) in [6.45, 7) is 8.21. The van der Waals surface area contributed by atoms with Gasteiger partial charge in [-0.15, -0.1) is 0 Å². The molecule has 1 amide bonds. The monoisotopic (exact) mass is 381 g/mol. The number of aromatic nitrogens is 4. The summed E-state index contributed by atoms with van der Waals surface area (Å²) in [6, 6.07) is 9.26. The minimum atomic E-state index is -0.544. The number of aryl methyl sites for hydroxylation is 2. The van der Waals surface area contributed by atoms with Crippen LogP contribution < -0.4 is 5.32 Å². The Hall–Kier alpha value is -3.42. The third-order valence-electron chi connectivity index (χ3n) is 4.41. The lowest BCUT2D eigenvalue weighted by Gasteiger charge is -2.11. The molecule has 1 aromatic carbocycles. The number of esters is 1. The summed E-state index contributed by atoms with van der Waals surface area (Å²) >= 11 is 0. The van der Waals surface area contributed by atoms with Crippen LogP contribution in [0.3, 0.4) is 0 Å². The van der Waals surface area contributed by atoms with Gasteiger partial charge < -0.3 is 10.1 Å². The van der Waals surface area contributed by atoms with Crippen molar-refractivity contribution in [3.05, 3.63) is 59.0 Å². The minimum absolute atomic E-state index is 0.192. The van der Waals surface area contributed by atoms with E-state index in [1.807, 2.05) is 44.2 Å². The van der Waals surface area contributed by atoms with Crippen LogP contribution >= 0.6 is 0 Å². The summed E-state index contributed by atoms with van der Waals surface area (Å²) in [7, 11) is 0. The Bertz CT molecular complexity index is 1000. The topological polar surface area (TPSA) is 91.0 Å². The molecular weight excluding hydrogens is 358 g/mol. The van der Waals surface area contributed by atoms with Crippen LogP contribution in [0, 0.1) is 13.8 Å². The number of para-hydroxylation sites is 1. The summed E-state index contributed by atoms with van der Waals surface area (Å²) in [6.07, 6.45) is 1.40. The summed E-state index contributed by atoms with van der Waals surface area (Å²) in [5, 5.41) is 11.5. The van der Waals surface area contributed by atoms with Gasteiger partial charge in [-0.2, -0.15) is 10.2 Å². The van der Waals surface area contributed by atoms with Gasteiger partial charge in [0.25, 0.3) is 5.91 Å². The van der Waals surface area contributed by atoms with Crippen LogP contribution in [0.5, 0.6) is 0 Å². The van der Waals surface area contributed by atoms with Crippen LogP contribution in [0.2, 0.25) is 0 Å². The Balaban J connectivity index is 2.04. The third-order valence-corrected chi connectivity index (χ3v) is 4.41. The highest BCUT2D eigenvalue weighted by molar-refractivity contribution is 6.08. The number of benzene rings is 1. The van der Waals surface area contributed by atoms with Crippen molar-refractivity contribution >= 4 is 17.7 Å². The van der Waals surface area contributed by atoms with E-state index < -0.39 is 5.97 Å². The molecule has 0 saturated heterocycles. The molecule has 2 aromatic heterocycles. The Kier molecular flexibility index (Phi) is 5.58. The van der Waals surface area contributed by atoms with Gasteiger partial charge in [0.1, 0.15) is 5.56 Å². The molecule has 28 heavy (non-hydrogen) atoms. The molecule has 0 aliphatic rings. The molecule has 8 heteroatoms. The highest BCUT2D eigenvalue weighted by Gasteiger charge is 2.25. The third kappa shape index (κ3) is 3.53. The molecule has 146 valence electrons. The number of rotatable bonds is 6. The maximum atomic E-state index is 13.0. The molecule has 0 spiro atoms. The van der Waals surface area contributed by atoms with Crippen molar-refractivity contribution in [2.75, 3.05) is 11.9 Å². The number of amides is 1. The first kappa shape index (κ1) is 19.3. The molecule has 3 rings (SSSR count). The zero-order valence-corrected chi connectivity index (χ0v) is 16.4. The van der Waals surface area contributed by atoms with Crippen LogP contribution in [0.25, 0.3) is 5.69 Å². The molecule has 0 aliphatic carbocycles. The average molecular weight is 381 g/mol. The van der Waals surface area contributed by atoms with E-state index in [0.717, 1.165) is 5.69 Å². The van der Waals surface area contributed by atoms with E-state index in [1.54, 1.807) is 18.5 Å². The van der Waals surface area contributed by atoms with E-state index in [-0.39, 0.29) is 23.9 Å². The predicted octanol–water partition coefficient (Wildman–Crippen LogP) is 3.13. The molecule has 0 saturated carbocycles. The van der Waals surface area contributed by atoms with Gasteiger partial charge in [-0.1, -0.05) is 18.2 Å². The predicted molar refractivity (Wildman–Crippen MR) is 105 cm³/mol. The van der Waals surface area contributed by atoms with Crippen LogP contribution in [-0.4, -0.2) is 38.0 Å². The zero-order chi connectivity index (χ0) is 20.3. The Morgan fingerprint density at radius 1 is 1.14 bits per heavy atom. The van der Waals surface area contributed by atoms with Crippen molar-refractivity contribution in [2.24, 2.45) is 0 Å². The van der Waals surface area contributed by atoms with Crippen LogP contribution in [0.1, 0.15) is 46.0 Å². The number of ether oxygens (including phenoxy) is 1. The first-order chi connectivity index (χ1) is 13.5. The van der Waals surface area contributed by atoms with E-state index in [1.165, 1.54) is 10.9 Å². The van der Waals surface area contributed by atoms with Crippen LogP contribution in [0.15, 0.2) is 36.5 Å². The van der Waals surface area contributed by atoms with E-state index in [4.69, 9.17) is 4.74 Å². The summed E-state index contributed by atoms with van der Waals surface area (Å²) in [5.41, 5.74) is 2.78. The lowest BCUT2D eigenvalue weighted by atomic mass is 10.2. The number of anilines is 1. The molecular formula is C20H23N5O3. The minimum Gasteiger partial charge on any atom is -0.462 e. The van der Waals surface area contributed by atoms with Crippen LogP contribution in [-0.2, 0) is 11.3 Å². The van der Waals surface area contributed by atoms with Gasteiger partial charge in [0.15, 0.2) is 5.82 Å². The number of hydrogen-bond donors (Lipinski definition) is 1. The number of nitrogens with one attached hydrogen (secondary N) is 1. The van der Waals surface area contributed by atoms with Crippen molar-refractivity contribution in [2.45, 2.75) is 34.2 Å². The fourth-order valence-electron chi connectivity index (χ4n) is 3.10. The molecule has 0 aliphatic heterocycles. The number of hydrogen-bond acceptors (Lipinski definition) is 5. The molecule has 0 atom stereocenters. The first-order valence-corrected chi connectivity index (χ1v) is 9.13. The maximum Gasteiger partial charge on any atom is 0.343 e. The lowest BCUT2D eigenvalue weighted by molar-refractivity contribution is 0.0527. The highest BCUT2D eigenvalue weighted by Crippen LogP contribution is 2.23. The second kappa shape index (κ2) is 8.08. The molecule has 0 bridgehead atoms. The molecule has 1 N–H and O–H groups in total. The summed E-state index contributed by atoms with van der Waals surface area (Å²) in [4.78, 5) is 25.4. The van der Waals surface area contributed by atoms with Gasteiger partial charge in [-0.05, 0) is 39.8 Å². The Labute approximate surface area is 163 Å². The van der Waals surface area contributed by atoms with Gasteiger partial charge in [0, 0.05) is 12.2 Å². The largest absolute Gasteiger partial charge is 0.462 e. The number of carbonyl (C=O) groups is 2. The van der Waals surface area contributed by atoms with Gasteiger partial charge in [0.2, 0.25) is 0 Å². The smallest absolute Gasteiger partial charge is 0.343 e. The Morgan fingerprint density at radius 3 is 2.46 bits per heavy atom. The van der Waals surface area contributed by atoms with Crippen molar-refractivity contribution in [3.8, 4) is 5.69 Å². The molecule has 2 heterocycles.